The van der Waals surface area contributed by atoms with Crippen molar-refractivity contribution in [2.24, 2.45) is 38.9 Å². The predicted molar refractivity (Wildman–Crippen MR) is 149 cm³/mol. The fourth-order valence-electron chi connectivity index (χ4n) is 10.9. The number of fused-ring (bicyclic) bond motifs is 6. The second-order valence-corrected chi connectivity index (χ2v) is 14.9. The number of methoxy groups -OCH3 is 1. The second-order valence-electron chi connectivity index (χ2n) is 14.9. The lowest BCUT2D eigenvalue weighted by Crippen LogP contribution is -2.69. The summed E-state index contributed by atoms with van der Waals surface area (Å²) in [5, 5.41) is 19.6. The molecule has 4 aliphatic carbocycles. The Bertz CT molecular complexity index is 1290. The molecule has 0 spiro atoms. The molecule has 6 nitrogen and oxygen atoms in total. The van der Waals surface area contributed by atoms with Gasteiger partial charge in [0.05, 0.1) is 18.2 Å². The van der Waals surface area contributed by atoms with Crippen molar-refractivity contribution < 1.29 is 14.6 Å². The number of aromatic nitrogens is 3. The largest absolute Gasteiger partial charge is 0.494 e. The topological polar surface area (TPSA) is 77.2 Å². The van der Waals surface area contributed by atoms with Crippen molar-refractivity contribution in [2.75, 3.05) is 7.11 Å². The number of hydrogen-bond donors (Lipinski definition) is 1. The van der Waals surface area contributed by atoms with Gasteiger partial charge in [0.15, 0.2) is 11.3 Å². The summed E-state index contributed by atoms with van der Waals surface area (Å²) in [5.41, 5.74) is 1.68. The van der Waals surface area contributed by atoms with Crippen molar-refractivity contribution in [1.29, 1.82) is 0 Å². The van der Waals surface area contributed by atoms with Crippen LogP contribution >= 0.6 is 0 Å². The van der Waals surface area contributed by atoms with Gasteiger partial charge in [-0.2, -0.15) is 0 Å². The standard InChI is InChI=1S/C32H47N3O3/c1-27(37)15-16-28(2)21(19-27)11-13-32(6)30(4)14-12-22(29(30,3)17-18-31(28,32)5)24(36)20-35-23-9-8-10-25(38-7)26(23)33-34-35/h8-10,21-22,37H,11-20H2,1-7H3/t21-,22+,27+,28?,29+,30+,31+,32?/m0/s1. The van der Waals surface area contributed by atoms with Crippen LogP contribution in [0.25, 0.3) is 11.0 Å². The zero-order chi connectivity index (χ0) is 27.4. The molecule has 4 saturated carbocycles. The van der Waals surface area contributed by atoms with Crippen molar-refractivity contribution in [2.45, 2.75) is 111 Å². The van der Waals surface area contributed by atoms with Crippen LogP contribution in [0.15, 0.2) is 18.2 Å². The maximum atomic E-state index is 14.1. The van der Waals surface area contributed by atoms with E-state index in [9.17, 15) is 9.90 Å². The van der Waals surface area contributed by atoms with Gasteiger partial charge < -0.3 is 9.84 Å². The van der Waals surface area contributed by atoms with E-state index in [1.807, 2.05) is 25.1 Å². The summed E-state index contributed by atoms with van der Waals surface area (Å²) in [5.74, 6) is 1.60. The Kier molecular flexibility index (Phi) is 5.57. The first-order valence-electron chi connectivity index (χ1n) is 14.9. The summed E-state index contributed by atoms with van der Waals surface area (Å²) < 4.78 is 7.23. The van der Waals surface area contributed by atoms with Gasteiger partial charge in [0.1, 0.15) is 12.3 Å². The molecule has 0 aliphatic heterocycles. The van der Waals surface area contributed by atoms with E-state index in [4.69, 9.17) is 4.74 Å². The summed E-state index contributed by atoms with van der Waals surface area (Å²) in [6.45, 7) is 15.0. The van der Waals surface area contributed by atoms with E-state index in [0.717, 1.165) is 50.5 Å². The maximum Gasteiger partial charge on any atom is 0.158 e. The molecule has 0 amide bonds. The number of ether oxygens (including phenoxy) is 1. The summed E-state index contributed by atoms with van der Waals surface area (Å²) in [4.78, 5) is 14.1. The summed E-state index contributed by atoms with van der Waals surface area (Å²) in [6.07, 6.45) is 9.65. The molecule has 1 heterocycles. The molecule has 208 valence electrons. The molecular formula is C32H47N3O3. The zero-order valence-electron chi connectivity index (χ0n) is 24.6. The normalized spacial score (nSPS) is 46.3. The minimum atomic E-state index is -0.526. The Morgan fingerprint density at radius 2 is 1.63 bits per heavy atom. The molecule has 0 radical (unpaired) electrons. The molecule has 38 heavy (non-hydrogen) atoms. The number of carbonyl (C=O) groups excluding carboxylic acids is 1. The number of hydrogen-bond acceptors (Lipinski definition) is 5. The summed E-state index contributed by atoms with van der Waals surface area (Å²) >= 11 is 0. The molecule has 0 bridgehead atoms. The third kappa shape index (κ3) is 3.07. The van der Waals surface area contributed by atoms with Crippen LogP contribution in [0.4, 0.5) is 0 Å². The SMILES string of the molecule is COc1cccc2c1nnn2CC(=O)[C@H]1CC[C@@]2(C)C3(C)CC[C@H]4C[C@](C)(O)CCC4(C)[C@@]3(C)CC[C@]12C. The number of nitrogens with zero attached hydrogens (tertiary/aromatic N) is 3. The van der Waals surface area contributed by atoms with Crippen LogP contribution in [0, 0.1) is 38.9 Å². The highest BCUT2D eigenvalue weighted by Gasteiger charge is 2.75. The molecular weight excluding hydrogens is 474 g/mol. The van der Waals surface area contributed by atoms with E-state index in [1.165, 1.54) is 12.8 Å². The van der Waals surface area contributed by atoms with Gasteiger partial charge in [-0.1, -0.05) is 45.9 Å². The van der Waals surface area contributed by atoms with Gasteiger partial charge >= 0.3 is 0 Å². The van der Waals surface area contributed by atoms with Crippen LogP contribution in [0.1, 0.15) is 99.3 Å². The first-order valence-corrected chi connectivity index (χ1v) is 14.9. The Morgan fingerprint density at radius 1 is 0.947 bits per heavy atom. The molecule has 6 rings (SSSR count). The van der Waals surface area contributed by atoms with E-state index in [-0.39, 0.29) is 39.5 Å². The maximum absolute atomic E-state index is 14.1. The monoisotopic (exact) mass is 521 g/mol. The summed E-state index contributed by atoms with van der Waals surface area (Å²) in [6, 6.07) is 5.79. The van der Waals surface area contributed by atoms with Gasteiger partial charge in [-0.05, 0) is 110 Å². The van der Waals surface area contributed by atoms with Crippen molar-refractivity contribution in [3.63, 3.8) is 0 Å². The van der Waals surface area contributed by atoms with Crippen LogP contribution in [0.2, 0.25) is 0 Å². The van der Waals surface area contributed by atoms with Crippen molar-refractivity contribution in [3.8, 4) is 5.75 Å². The number of aliphatic hydroxyl groups is 1. The van der Waals surface area contributed by atoms with Gasteiger partial charge in [-0.3, -0.25) is 4.79 Å². The van der Waals surface area contributed by atoms with E-state index < -0.39 is 5.60 Å². The Morgan fingerprint density at radius 3 is 2.37 bits per heavy atom. The lowest BCUT2D eigenvalue weighted by Gasteiger charge is -2.75. The zero-order valence-corrected chi connectivity index (χ0v) is 24.6. The second kappa shape index (κ2) is 8.05. The van der Waals surface area contributed by atoms with E-state index in [0.29, 0.717) is 23.0 Å². The average molecular weight is 522 g/mol. The van der Waals surface area contributed by atoms with Gasteiger partial charge in [-0.15, -0.1) is 5.10 Å². The predicted octanol–water partition coefficient (Wildman–Crippen LogP) is 6.59. The number of benzene rings is 1. The van der Waals surface area contributed by atoms with E-state index in [2.05, 4.69) is 44.9 Å². The molecule has 2 unspecified atom stereocenters. The third-order valence-electron chi connectivity index (χ3n) is 14.0. The summed E-state index contributed by atoms with van der Waals surface area (Å²) in [7, 11) is 1.64. The molecule has 4 fully saturated rings. The van der Waals surface area contributed by atoms with E-state index >= 15 is 0 Å². The highest BCUT2D eigenvalue weighted by Crippen LogP contribution is 2.82. The minimum Gasteiger partial charge on any atom is -0.494 e. The quantitative estimate of drug-likeness (QED) is 0.491. The number of ketones is 1. The fourth-order valence-corrected chi connectivity index (χ4v) is 10.9. The van der Waals surface area contributed by atoms with Crippen molar-refractivity contribution in [1.82, 2.24) is 15.0 Å². The fraction of sp³-hybridized carbons (Fsp3) is 0.781. The third-order valence-corrected chi connectivity index (χ3v) is 14.0. The number of rotatable bonds is 4. The van der Waals surface area contributed by atoms with Crippen LogP contribution in [-0.2, 0) is 11.3 Å². The Labute approximate surface area is 227 Å². The van der Waals surface area contributed by atoms with Gasteiger partial charge in [0.2, 0.25) is 0 Å². The minimum absolute atomic E-state index is 0.0320. The first-order chi connectivity index (χ1) is 17.8. The molecule has 4 aliphatic rings. The smallest absolute Gasteiger partial charge is 0.158 e. The lowest BCUT2D eigenvalue weighted by molar-refractivity contribution is -0.270. The molecule has 1 aromatic carbocycles. The Balaban J connectivity index is 1.32. The number of carbonyl (C=O) groups is 1. The molecule has 8 atom stereocenters. The molecule has 1 N–H and O–H groups in total. The number of Topliss-reactive ketones (excluding diaryl/α,β-unsaturated/α-hetero) is 1. The van der Waals surface area contributed by atoms with Gasteiger partial charge in [0.25, 0.3) is 0 Å². The van der Waals surface area contributed by atoms with Gasteiger partial charge in [0, 0.05) is 5.92 Å². The van der Waals surface area contributed by atoms with Crippen LogP contribution < -0.4 is 4.74 Å². The van der Waals surface area contributed by atoms with E-state index in [1.54, 1.807) is 11.8 Å². The average Bonchev–Trinajstić information content (AvgIpc) is 3.41. The van der Waals surface area contributed by atoms with Crippen LogP contribution in [0.5, 0.6) is 5.75 Å². The first kappa shape index (κ1) is 26.3. The molecule has 0 saturated heterocycles. The van der Waals surface area contributed by atoms with Crippen LogP contribution in [0.3, 0.4) is 0 Å². The van der Waals surface area contributed by atoms with Crippen molar-refractivity contribution >= 4 is 16.8 Å². The van der Waals surface area contributed by atoms with Crippen molar-refractivity contribution in [3.05, 3.63) is 18.2 Å². The molecule has 1 aromatic heterocycles. The highest BCUT2D eigenvalue weighted by molar-refractivity contribution is 5.86. The molecule has 6 heteroatoms. The Hall–Kier alpha value is -1.95. The highest BCUT2D eigenvalue weighted by atomic mass is 16.5. The molecule has 2 aromatic rings. The lowest BCUT2D eigenvalue weighted by atomic mass is 9.29. The van der Waals surface area contributed by atoms with Gasteiger partial charge in [-0.25, -0.2) is 4.68 Å². The van der Waals surface area contributed by atoms with Crippen LogP contribution in [-0.4, -0.2) is 38.6 Å².